The average Bonchev–Trinajstić information content (AvgIpc) is 3.21. The Kier molecular flexibility index (Phi) is 10.3. The van der Waals surface area contributed by atoms with Gasteiger partial charge in [-0.2, -0.15) is 0 Å². The highest BCUT2D eigenvalue weighted by atomic mass is 19.1. The molecule has 0 spiro atoms. The molecule has 4 N–H and O–H groups in total. The first-order valence-electron chi connectivity index (χ1n) is 12.5. The molecule has 8 nitrogen and oxygen atoms in total. The van der Waals surface area contributed by atoms with Crippen molar-refractivity contribution in [3.8, 4) is 11.4 Å². The number of hydrogen-bond donors (Lipinski definition) is 4. The highest BCUT2D eigenvalue weighted by molar-refractivity contribution is 5.94. The van der Waals surface area contributed by atoms with Crippen molar-refractivity contribution < 1.29 is 29.3 Å². The first kappa shape index (κ1) is 28.0. The summed E-state index contributed by atoms with van der Waals surface area (Å²) >= 11 is 0. The fourth-order valence-electron chi connectivity index (χ4n) is 4.26. The fourth-order valence-corrected chi connectivity index (χ4v) is 4.26. The zero-order chi connectivity index (χ0) is 26.8. The van der Waals surface area contributed by atoms with Gasteiger partial charge in [0.05, 0.1) is 24.3 Å². The Morgan fingerprint density at radius 1 is 1.03 bits per heavy atom. The van der Waals surface area contributed by atoms with Crippen LogP contribution in [0.4, 0.5) is 4.39 Å². The Balaban J connectivity index is 1.84. The lowest BCUT2D eigenvalue weighted by Crippen LogP contribution is -2.27. The standard InChI is InChI=1S/C28H34FN3O5/c1-2-6-24-26(28(37)30-15-13-19-7-4-3-5-8-19)31-27(20-9-11-21(29)12-10-20)32(24)16-14-22(33)17-23(34)18-25(35)36/h3-5,7-12,22-23,33-34H,2,6,13-18H2,1H3,(H,30,37)(H,35,36). The summed E-state index contributed by atoms with van der Waals surface area (Å²) in [5.74, 6) is -1.35. The van der Waals surface area contributed by atoms with Crippen molar-refractivity contribution >= 4 is 11.9 Å². The predicted octanol–water partition coefficient (Wildman–Crippen LogP) is 3.59. The Hall–Kier alpha value is -3.56. The van der Waals surface area contributed by atoms with Crippen molar-refractivity contribution in [2.45, 2.75) is 64.2 Å². The van der Waals surface area contributed by atoms with Gasteiger partial charge in [0.2, 0.25) is 0 Å². The number of halogens is 1. The van der Waals surface area contributed by atoms with Crippen molar-refractivity contribution in [2.75, 3.05) is 6.54 Å². The van der Waals surface area contributed by atoms with E-state index in [0.29, 0.717) is 36.5 Å². The zero-order valence-electron chi connectivity index (χ0n) is 20.9. The summed E-state index contributed by atoms with van der Waals surface area (Å²) in [4.78, 5) is 28.7. The summed E-state index contributed by atoms with van der Waals surface area (Å²) in [5, 5.41) is 32.1. The lowest BCUT2D eigenvalue weighted by atomic mass is 10.1. The molecule has 0 saturated carbocycles. The van der Waals surface area contributed by atoms with Crippen molar-refractivity contribution in [3.63, 3.8) is 0 Å². The number of benzene rings is 2. The van der Waals surface area contributed by atoms with Crippen LogP contribution >= 0.6 is 0 Å². The van der Waals surface area contributed by atoms with Crippen LogP contribution in [0.15, 0.2) is 54.6 Å². The number of hydrogen-bond acceptors (Lipinski definition) is 5. The van der Waals surface area contributed by atoms with E-state index in [1.165, 1.54) is 12.1 Å². The lowest BCUT2D eigenvalue weighted by Gasteiger charge is -2.17. The fraction of sp³-hybridized carbons (Fsp3) is 0.393. The third-order valence-corrected chi connectivity index (χ3v) is 6.06. The smallest absolute Gasteiger partial charge is 0.305 e. The number of imidazole rings is 1. The Bertz CT molecular complexity index is 1160. The molecule has 1 heterocycles. The number of nitrogens with zero attached hydrogens (tertiary/aromatic N) is 2. The molecule has 0 saturated heterocycles. The van der Waals surface area contributed by atoms with Crippen molar-refractivity contribution in [1.82, 2.24) is 14.9 Å². The molecule has 0 fully saturated rings. The van der Waals surface area contributed by atoms with Crippen molar-refractivity contribution in [2.24, 2.45) is 0 Å². The number of nitrogens with one attached hydrogen (secondary N) is 1. The van der Waals surface area contributed by atoms with Crippen LogP contribution < -0.4 is 5.32 Å². The highest BCUT2D eigenvalue weighted by Gasteiger charge is 2.24. The minimum atomic E-state index is -1.16. The van der Waals surface area contributed by atoms with Crippen LogP contribution in [0, 0.1) is 5.82 Å². The van der Waals surface area contributed by atoms with E-state index in [1.54, 1.807) is 12.1 Å². The average molecular weight is 512 g/mol. The summed E-state index contributed by atoms with van der Waals surface area (Å²) in [6, 6.07) is 15.7. The number of carboxylic acids is 1. The first-order chi connectivity index (χ1) is 17.8. The number of amides is 1. The highest BCUT2D eigenvalue weighted by Crippen LogP contribution is 2.25. The van der Waals surface area contributed by atoms with Gasteiger partial charge < -0.3 is 25.2 Å². The number of aliphatic hydroxyl groups is 2. The molecule has 1 amide bonds. The third kappa shape index (κ3) is 8.23. The maximum Gasteiger partial charge on any atom is 0.305 e. The van der Waals surface area contributed by atoms with Crippen molar-refractivity contribution in [3.05, 3.63) is 77.4 Å². The van der Waals surface area contributed by atoms with Crippen LogP contribution in [0.1, 0.15) is 54.4 Å². The number of aliphatic carboxylic acids is 1. The second-order valence-corrected chi connectivity index (χ2v) is 9.06. The van der Waals surface area contributed by atoms with Gasteiger partial charge in [-0.3, -0.25) is 9.59 Å². The number of carbonyl (C=O) groups is 2. The monoisotopic (exact) mass is 511 g/mol. The maximum absolute atomic E-state index is 13.6. The predicted molar refractivity (Wildman–Crippen MR) is 138 cm³/mol. The third-order valence-electron chi connectivity index (χ3n) is 6.06. The van der Waals surface area contributed by atoms with E-state index in [4.69, 9.17) is 5.11 Å². The molecule has 2 atom stereocenters. The van der Waals surface area contributed by atoms with E-state index < -0.39 is 30.4 Å². The van der Waals surface area contributed by atoms with Crippen molar-refractivity contribution in [1.29, 1.82) is 0 Å². The van der Waals surface area contributed by atoms with Crippen LogP contribution in [-0.4, -0.2) is 55.5 Å². The van der Waals surface area contributed by atoms with E-state index >= 15 is 0 Å². The van der Waals surface area contributed by atoms with Crippen LogP contribution in [0.5, 0.6) is 0 Å². The quantitative estimate of drug-likeness (QED) is 0.262. The van der Waals surface area contributed by atoms with Gasteiger partial charge >= 0.3 is 5.97 Å². The van der Waals surface area contributed by atoms with E-state index in [-0.39, 0.29) is 31.0 Å². The number of aliphatic hydroxyl groups excluding tert-OH is 2. The van der Waals surface area contributed by atoms with Gasteiger partial charge in [0.15, 0.2) is 0 Å². The number of carboxylic acid groups (broad SMARTS) is 1. The maximum atomic E-state index is 13.6. The first-order valence-corrected chi connectivity index (χ1v) is 12.5. The molecule has 3 rings (SSSR count). The zero-order valence-corrected chi connectivity index (χ0v) is 20.9. The number of carbonyl (C=O) groups excluding carboxylic acids is 1. The summed E-state index contributed by atoms with van der Waals surface area (Å²) in [7, 11) is 0. The van der Waals surface area contributed by atoms with Gasteiger partial charge in [-0.15, -0.1) is 0 Å². The molecule has 0 radical (unpaired) electrons. The number of aromatic nitrogens is 2. The molecule has 9 heteroatoms. The minimum Gasteiger partial charge on any atom is -0.481 e. The van der Waals surface area contributed by atoms with Crippen LogP contribution in [0.3, 0.4) is 0 Å². The second kappa shape index (κ2) is 13.7. The van der Waals surface area contributed by atoms with Gasteiger partial charge in [0, 0.05) is 18.7 Å². The lowest BCUT2D eigenvalue weighted by molar-refractivity contribution is -0.139. The van der Waals surface area contributed by atoms with E-state index in [0.717, 1.165) is 12.0 Å². The van der Waals surface area contributed by atoms with Crippen LogP contribution in [-0.2, 0) is 24.2 Å². The van der Waals surface area contributed by atoms with Gasteiger partial charge in [-0.05, 0) is 55.5 Å². The van der Waals surface area contributed by atoms with E-state index in [2.05, 4.69) is 10.3 Å². The van der Waals surface area contributed by atoms with Gasteiger partial charge in [-0.25, -0.2) is 9.37 Å². The molecular weight excluding hydrogens is 477 g/mol. The molecule has 0 aliphatic heterocycles. The van der Waals surface area contributed by atoms with Gasteiger partial charge in [0.1, 0.15) is 17.3 Å². The topological polar surface area (TPSA) is 125 Å². The molecule has 2 unspecified atom stereocenters. The normalized spacial score (nSPS) is 12.8. The molecule has 37 heavy (non-hydrogen) atoms. The Morgan fingerprint density at radius 2 is 1.73 bits per heavy atom. The van der Waals surface area contributed by atoms with Crippen LogP contribution in [0.2, 0.25) is 0 Å². The Labute approximate surface area is 215 Å². The molecule has 1 aromatic heterocycles. The van der Waals surface area contributed by atoms with E-state index in [9.17, 15) is 24.2 Å². The Morgan fingerprint density at radius 3 is 2.38 bits per heavy atom. The summed E-state index contributed by atoms with van der Waals surface area (Å²) in [6.07, 6.45) is -0.436. The summed E-state index contributed by atoms with van der Waals surface area (Å²) in [6.45, 7) is 2.71. The van der Waals surface area contributed by atoms with E-state index in [1.807, 2.05) is 41.8 Å². The molecule has 198 valence electrons. The number of rotatable bonds is 14. The SMILES string of the molecule is CCCc1c(C(=O)NCCc2ccccc2)nc(-c2ccc(F)cc2)n1CCC(O)CC(O)CC(=O)O. The molecule has 2 aromatic carbocycles. The molecular formula is C28H34FN3O5. The molecule has 0 bridgehead atoms. The second-order valence-electron chi connectivity index (χ2n) is 9.06. The molecule has 3 aromatic rings. The van der Waals surface area contributed by atoms with Gasteiger partial charge in [-0.1, -0.05) is 43.7 Å². The van der Waals surface area contributed by atoms with Crippen LogP contribution in [0.25, 0.3) is 11.4 Å². The van der Waals surface area contributed by atoms with Gasteiger partial charge in [0.25, 0.3) is 5.91 Å². The minimum absolute atomic E-state index is 0.0805. The summed E-state index contributed by atoms with van der Waals surface area (Å²) < 4.78 is 15.4. The molecule has 0 aliphatic carbocycles. The largest absolute Gasteiger partial charge is 0.481 e. The summed E-state index contributed by atoms with van der Waals surface area (Å²) in [5.41, 5.74) is 2.72. The molecule has 0 aliphatic rings.